The van der Waals surface area contributed by atoms with Crippen LogP contribution in [0.5, 0.6) is 5.75 Å². The quantitative estimate of drug-likeness (QED) is 0.400. The molecule has 4 atom stereocenters. The van der Waals surface area contributed by atoms with E-state index in [4.69, 9.17) is 14.2 Å². The van der Waals surface area contributed by atoms with Gasteiger partial charge in [-0.2, -0.15) is 4.31 Å². The van der Waals surface area contributed by atoms with Crippen molar-refractivity contribution < 1.29 is 32.5 Å². The molecule has 0 aliphatic carbocycles. The highest BCUT2D eigenvalue weighted by molar-refractivity contribution is 7.89. The SMILES string of the molecule is COc1ccc(S(=O)(=O)N(CC(C)C)C[C@@H](O)[C@H](Cc2ccccc2)NC(=O)[C@H]2C[C@@]3(CCCO3)CCO2)cc1. The number of hydrogen-bond acceptors (Lipinski definition) is 7. The minimum atomic E-state index is -3.92. The maximum absolute atomic E-state index is 13.6. The molecule has 220 valence electrons. The first kappa shape index (κ1) is 30.5. The van der Waals surface area contributed by atoms with Gasteiger partial charge in [0.2, 0.25) is 15.9 Å². The van der Waals surface area contributed by atoms with Crippen molar-refractivity contribution >= 4 is 15.9 Å². The van der Waals surface area contributed by atoms with Crippen molar-refractivity contribution in [2.45, 2.75) is 74.7 Å². The largest absolute Gasteiger partial charge is 0.497 e. The van der Waals surface area contributed by atoms with E-state index in [0.29, 0.717) is 31.8 Å². The number of benzene rings is 2. The van der Waals surface area contributed by atoms with Crippen LogP contribution >= 0.6 is 0 Å². The lowest BCUT2D eigenvalue weighted by molar-refractivity contribution is -0.152. The second-order valence-electron chi connectivity index (χ2n) is 11.2. The van der Waals surface area contributed by atoms with Crippen LogP contribution < -0.4 is 10.1 Å². The highest BCUT2D eigenvalue weighted by atomic mass is 32.2. The summed E-state index contributed by atoms with van der Waals surface area (Å²) in [6.45, 7) is 5.01. The van der Waals surface area contributed by atoms with Crippen LogP contribution in [-0.2, 0) is 30.7 Å². The Bertz CT molecular complexity index is 1200. The van der Waals surface area contributed by atoms with Gasteiger partial charge in [-0.1, -0.05) is 44.2 Å². The van der Waals surface area contributed by atoms with Gasteiger partial charge in [-0.25, -0.2) is 8.42 Å². The van der Waals surface area contributed by atoms with Crippen LogP contribution in [0.4, 0.5) is 0 Å². The minimum absolute atomic E-state index is 0.0145. The normalized spacial score (nSPS) is 22.9. The second-order valence-corrected chi connectivity index (χ2v) is 13.2. The zero-order chi connectivity index (χ0) is 28.8. The smallest absolute Gasteiger partial charge is 0.249 e. The Morgan fingerprint density at radius 1 is 1.10 bits per heavy atom. The van der Waals surface area contributed by atoms with E-state index in [1.807, 2.05) is 44.2 Å². The molecule has 2 aromatic rings. The number of methoxy groups -OCH3 is 1. The number of aliphatic hydroxyl groups is 1. The molecule has 9 nitrogen and oxygen atoms in total. The number of carbonyl (C=O) groups excluding carboxylic acids is 1. The van der Waals surface area contributed by atoms with Crippen LogP contribution in [-0.4, -0.2) is 81.0 Å². The Hall–Kier alpha value is -2.50. The van der Waals surface area contributed by atoms with Gasteiger partial charge in [-0.05, 0) is 61.4 Å². The van der Waals surface area contributed by atoms with Crippen LogP contribution in [0.1, 0.15) is 45.1 Å². The van der Waals surface area contributed by atoms with Gasteiger partial charge in [0, 0.05) is 26.1 Å². The molecule has 0 unspecified atom stereocenters. The first-order valence-electron chi connectivity index (χ1n) is 14.0. The molecule has 2 aliphatic rings. The second kappa shape index (κ2) is 13.4. The predicted octanol–water partition coefficient (Wildman–Crippen LogP) is 3.16. The summed E-state index contributed by atoms with van der Waals surface area (Å²) < 4.78 is 45.6. The fraction of sp³-hybridized carbons (Fsp3) is 0.567. The topological polar surface area (TPSA) is 114 Å². The molecular formula is C30H42N2O7S. The van der Waals surface area contributed by atoms with E-state index in [0.717, 1.165) is 24.8 Å². The first-order chi connectivity index (χ1) is 19.1. The van der Waals surface area contributed by atoms with Crippen molar-refractivity contribution in [1.82, 2.24) is 9.62 Å². The summed E-state index contributed by atoms with van der Waals surface area (Å²) in [7, 11) is -2.40. The number of hydrogen-bond donors (Lipinski definition) is 2. The fourth-order valence-electron chi connectivity index (χ4n) is 5.51. The van der Waals surface area contributed by atoms with E-state index in [9.17, 15) is 18.3 Å². The summed E-state index contributed by atoms with van der Waals surface area (Å²) in [5.41, 5.74) is 0.592. The molecule has 0 saturated carbocycles. The molecule has 2 fully saturated rings. The third-order valence-electron chi connectivity index (χ3n) is 7.66. The maximum atomic E-state index is 13.6. The van der Waals surface area contributed by atoms with Crippen LogP contribution in [0.3, 0.4) is 0 Å². The Morgan fingerprint density at radius 3 is 2.45 bits per heavy atom. The van der Waals surface area contributed by atoms with E-state index in [-0.39, 0.29) is 35.4 Å². The third-order valence-corrected chi connectivity index (χ3v) is 9.50. The van der Waals surface area contributed by atoms with Gasteiger partial charge in [-0.15, -0.1) is 0 Å². The van der Waals surface area contributed by atoms with E-state index in [1.54, 1.807) is 12.1 Å². The zero-order valence-corrected chi connectivity index (χ0v) is 24.4. The fourth-order valence-corrected chi connectivity index (χ4v) is 7.13. The van der Waals surface area contributed by atoms with Crippen LogP contribution in [0.2, 0.25) is 0 Å². The van der Waals surface area contributed by atoms with E-state index in [1.165, 1.54) is 23.5 Å². The Kier molecular flexibility index (Phi) is 10.2. The number of aliphatic hydroxyl groups excluding tert-OH is 1. The number of nitrogens with zero attached hydrogens (tertiary/aromatic N) is 1. The number of sulfonamides is 1. The molecule has 2 aromatic carbocycles. The van der Waals surface area contributed by atoms with Gasteiger partial charge in [0.1, 0.15) is 11.9 Å². The number of amides is 1. The third kappa shape index (κ3) is 7.61. The van der Waals surface area contributed by atoms with Gasteiger partial charge in [0.15, 0.2) is 0 Å². The molecule has 0 radical (unpaired) electrons. The van der Waals surface area contributed by atoms with Crippen LogP contribution in [0, 0.1) is 5.92 Å². The standard InChI is InChI=1S/C30H42N2O7S/c1-22(2)20-32(40(35,36)25-12-10-24(37-3)11-13-25)21-27(33)26(18-23-8-5-4-6-9-23)31-29(34)28-19-30(15-17-38-28)14-7-16-39-30/h4-6,8-13,22,26-28,33H,7,14-21H2,1-3H3,(H,31,34)/t26-,27+,28+,30+/m0/s1. The summed E-state index contributed by atoms with van der Waals surface area (Å²) in [6, 6.07) is 15.0. The van der Waals surface area contributed by atoms with Crippen molar-refractivity contribution in [3.63, 3.8) is 0 Å². The van der Waals surface area contributed by atoms with Crippen LogP contribution in [0.15, 0.2) is 59.5 Å². The molecule has 0 aromatic heterocycles. The molecule has 4 rings (SSSR count). The average Bonchev–Trinajstić information content (AvgIpc) is 3.39. The minimum Gasteiger partial charge on any atom is -0.497 e. The molecule has 1 spiro atoms. The van der Waals surface area contributed by atoms with E-state index in [2.05, 4.69) is 5.32 Å². The molecular weight excluding hydrogens is 532 g/mol. The van der Waals surface area contributed by atoms with Crippen molar-refractivity contribution in [1.29, 1.82) is 0 Å². The Balaban J connectivity index is 1.54. The van der Waals surface area contributed by atoms with Crippen molar-refractivity contribution in [3.05, 3.63) is 60.2 Å². The van der Waals surface area contributed by atoms with Gasteiger partial charge in [0.25, 0.3) is 0 Å². The first-order valence-corrected chi connectivity index (χ1v) is 15.5. The average molecular weight is 575 g/mol. The summed E-state index contributed by atoms with van der Waals surface area (Å²) in [4.78, 5) is 13.6. The van der Waals surface area contributed by atoms with Crippen molar-refractivity contribution in [2.75, 3.05) is 33.4 Å². The molecule has 2 heterocycles. The van der Waals surface area contributed by atoms with E-state index >= 15 is 0 Å². The maximum Gasteiger partial charge on any atom is 0.249 e. The summed E-state index contributed by atoms with van der Waals surface area (Å²) in [5.74, 6) is 0.248. The van der Waals surface area contributed by atoms with Gasteiger partial charge in [-0.3, -0.25) is 4.79 Å². The van der Waals surface area contributed by atoms with E-state index < -0.39 is 28.3 Å². The van der Waals surface area contributed by atoms with Crippen molar-refractivity contribution in [3.8, 4) is 5.75 Å². The molecule has 1 amide bonds. The molecule has 40 heavy (non-hydrogen) atoms. The van der Waals surface area contributed by atoms with Gasteiger partial charge >= 0.3 is 0 Å². The molecule has 2 N–H and O–H groups in total. The Labute approximate surface area is 237 Å². The number of nitrogens with one attached hydrogen (secondary N) is 1. The highest BCUT2D eigenvalue weighted by Gasteiger charge is 2.43. The summed E-state index contributed by atoms with van der Waals surface area (Å²) >= 11 is 0. The number of ether oxygens (including phenoxy) is 3. The molecule has 10 heteroatoms. The molecule has 2 aliphatic heterocycles. The lowest BCUT2D eigenvalue weighted by atomic mass is 9.87. The predicted molar refractivity (Wildman–Crippen MR) is 152 cm³/mol. The summed E-state index contributed by atoms with van der Waals surface area (Å²) in [6.07, 6.45) is 1.59. The van der Waals surface area contributed by atoms with Crippen LogP contribution in [0.25, 0.3) is 0 Å². The highest BCUT2D eigenvalue weighted by Crippen LogP contribution is 2.37. The summed E-state index contributed by atoms with van der Waals surface area (Å²) in [5, 5.41) is 14.5. The lowest BCUT2D eigenvalue weighted by Crippen LogP contribution is -2.55. The monoisotopic (exact) mass is 574 g/mol. The van der Waals surface area contributed by atoms with Crippen molar-refractivity contribution in [2.24, 2.45) is 5.92 Å². The van der Waals surface area contributed by atoms with Gasteiger partial charge < -0.3 is 24.6 Å². The zero-order valence-electron chi connectivity index (χ0n) is 23.6. The molecule has 2 saturated heterocycles. The Morgan fingerprint density at radius 2 is 1.82 bits per heavy atom. The number of rotatable bonds is 12. The van der Waals surface area contributed by atoms with Gasteiger partial charge in [0.05, 0.1) is 36.4 Å². The lowest BCUT2D eigenvalue weighted by Gasteiger charge is -2.37. The number of carbonyl (C=O) groups is 1. The molecule has 0 bridgehead atoms.